The van der Waals surface area contributed by atoms with E-state index >= 15 is 0 Å². The van der Waals surface area contributed by atoms with E-state index in [4.69, 9.17) is 4.74 Å². The lowest BCUT2D eigenvalue weighted by Gasteiger charge is -2.05. The molecule has 1 aliphatic carbocycles. The second-order valence-corrected chi connectivity index (χ2v) is 3.93. The van der Waals surface area contributed by atoms with Gasteiger partial charge in [-0.3, -0.25) is 0 Å². The molecule has 0 spiro atoms. The molecule has 1 saturated carbocycles. The van der Waals surface area contributed by atoms with E-state index in [1.54, 1.807) is 0 Å². The summed E-state index contributed by atoms with van der Waals surface area (Å²) in [6, 6.07) is 8.32. The summed E-state index contributed by atoms with van der Waals surface area (Å²) in [4.78, 5) is 0. The maximum absolute atomic E-state index is 5.64. The van der Waals surface area contributed by atoms with Gasteiger partial charge in [0.2, 0.25) is 0 Å². The molecule has 2 heteroatoms. The van der Waals surface area contributed by atoms with Crippen molar-refractivity contribution in [1.29, 1.82) is 0 Å². The standard InChI is InChI=1S/C12H17NO/c1-13-8-10-4-6-12(7-5-10)14-9-11-2-3-11/h4-7,11,13H,2-3,8-9H2,1H3. The Bertz CT molecular complexity index is 277. The average molecular weight is 191 g/mol. The normalized spacial score (nSPS) is 15.5. The minimum atomic E-state index is 0.826. The molecule has 0 heterocycles. The zero-order valence-corrected chi connectivity index (χ0v) is 8.62. The van der Waals surface area contributed by atoms with Gasteiger partial charge in [0, 0.05) is 6.54 Å². The van der Waals surface area contributed by atoms with E-state index < -0.39 is 0 Å². The average Bonchev–Trinajstić information content (AvgIpc) is 3.01. The van der Waals surface area contributed by atoms with Crippen LogP contribution >= 0.6 is 0 Å². The third-order valence-electron chi connectivity index (χ3n) is 2.49. The summed E-state index contributed by atoms with van der Waals surface area (Å²) in [5.74, 6) is 1.82. The predicted molar refractivity (Wildman–Crippen MR) is 57.4 cm³/mol. The molecule has 1 fully saturated rings. The first-order valence-electron chi connectivity index (χ1n) is 5.25. The molecule has 1 aromatic rings. The molecule has 0 radical (unpaired) electrons. The fourth-order valence-electron chi connectivity index (χ4n) is 1.41. The molecule has 2 rings (SSSR count). The van der Waals surface area contributed by atoms with Crippen LogP contribution in [-0.4, -0.2) is 13.7 Å². The van der Waals surface area contributed by atoms with Crippen LogP contribution in [0.1, 0.15) is 18.4 Å². The minimum Gasteiger partial charge on any atom is -0.493 e. The Labute approximate surface area is 85.3 Å². The van der Waals surface area contributed by atoms with Gasteiger partial charge < -0.3 is 10.1 Å². The van der Waals surface area contributed by atoms with E-state index in [9.17, 15) is 0 Å². The number of hydrogen-bond donors (Lipinski definition) is 1. The van der Waals surface area contributed by atoms with E-state index in [2.05, 4.69) is 29.6 Å². The van der Waals surface area contributed by atoms with Gasteiger partial charge in [-0.1, -0.05) is 12.1 Å². The van der Waals surface area contributed by atoms with Crippen LogP contribution in [-0.2, 0) is 6.54 Å². The molecule has 0 aliphatic heterocycles. The molecule has 0 saturated heterocycles. The van der Waals surface area contributed by atoms with E-state index in [1.165, 1.54) is 18.4 Å². The monoisotopic (exact) mass is 191 g/mol. The van der Waals surface area contributed by atoms with Crippen molar-refractivity contribution >= 4 is 0 Å². The zero-order valence-electron chi connectivity index (χ0n) is 8.62. The molecule has 0 aromatic heterocycles. The molecule has 0 unspecified atom stereocenters. The molecular formula is C12H17NO. The third kappa shape index (κ3) is 2.74. The van der Waals surface area contributed by atoms with Crippen LogP contribution in [0.2, 0.25) is 0 Å². The van der Waals surface area contributed by atoms with Gasteiger partial charge in [0.15, 0.2) is 0 Å². The van der Waals surface area contributed by atoms with E-state index in [1.807, 2.05) is 7.05 Å². The summed E-state index contributed by atoms with van der Waals surface area (Å²) in [6.45, 7) is 1.81. The smallest absolute Gasteiger partial charge is 0.119 e. The molecule has 76 valence electrons. The minimum absolute atomic E-state index is 0.826. The maximum atomic E-state index is 5.64. The molecule has 0 atom stereocenters. The highest BCUT2D eigenvalue weighted by Crippen LogP contribution is 2.29. The van der Waals surface area contributed by atoms with Gasteiger partial charge in [0.25, 0.3) is 0 Å². The molecule has 1 aromatic carbocycles. The highest BCUT2D eigenvalue weighted by atomic mass is 16.5. The summed E-state index contributed by atoms with van der Waals surface area (Å²) in [6.07, 6.45) is 2.69. The highest BCUT2D eigenvalue weighted by Gasteiger charge is 2.21. The van der Waals surface area contributed by atoms with Gasteiger partial charge in [-0.05, 0) is 43.5 Å². The Balaban J connectivity index is 1.84. The van der Waals surface area contributed by atoms with Crippen LogP contribution in [0.4, 0.5) is 0 Å². The van der Waals surface area contributed by atoms with E-state index in [0.29, 0.717) is 0 Å². The van der Waals surface area contributed by atoms with Crippen molar-refractivity contribution in [3.05, 3.63) is 29.8 Å². The Morgan fingerprint density at radius 3 is 2.57 bits per heavy atom. The van der Waals surface area contributed by atoms with Gasteiger partial charge in [-0.2, -0.15) is 0 Å². The maximum Gasteiger partial charge on any atom is 0.119 e. The molecular weight excluding hydrogens is 174 g/mol. The van der Waals surface area contributed by atoms with Gasteiger partial charge in [-0.25, -0.2) is 0 Å². The topological polar surface area (TPSA) is 21.3 Å². The van der Waals surface area contributed by atoms with Crippen molar-refractivity contribution < 1.29 is 4.74 Å². The van der Waals surface area contributed by atoms with Crippen molar-refractivity contribution in [3.63, 3.8) is 0 Å². The van der Waals surface area contributed by atoms with Crippen LogP contribution in [0, 0.1) is 5.92 Å². The number of nitrogens with one attached hydrogen (secondary N) is 1. The molecule has 0 bridgehead atoms. The third-order valence-corrected chi connectivity index (χ3v) is 2.49. The Hall–Kier alpha value is -1.02. The lowest BCUT2D eigenvalue weighted by Crippen LogP contribution is -2.05. The quantitative estimate of drug-likeness (QED) is 0.770. The molecule has 1 aliphatic rings. The largest absolute Gasteiger partial charge is 0.493 e. The summed E-state index contributed by atoms with van der Waals surface area (Å²) in [5, 5.41) is 3.12. The number of benzene rings is 1. The van der Waals surface area contributed by atoms with Crippen LogP contribution < -0.4 is 10.1 Å². The van der Waals surface area contributed by atoms with Gasteiger partial charge >= 0.3 is 0 Å². The van der Waals surface area contributed by atoms with E-state index in [-0.39, 0.29) is 0 Å². The predicted octanol–water partition coefficient (Wildman–Crippen LogP) is 2.19. The van der Waals surface area contributed by atoms with Crippen LogP contribution in [0.15, 0.2) is 24.3 Å². The van der Waals surface area contributed by atoms with Crippen LogP contribution in [0.25, 0.3) is 0 Å². The Morgan fingerprint density at radius 2 is 2.00 bits per heavy atom. The fourth-order valence-corrected chi connectivity index (χ4v) is 1.41. The van der Waals surface area contributed by atoms with Crippen molar-refractivity contribution in [3.8, 4) is 5.75 Å². The zero-order chi connectivity index (χ0) is 9.80. The van der Waals surface area contributed by atoms with Crippen molar-refractivity contribution in [2.24, 2.45) is 5.92 Å². The number of ether oxygens (including phenoxy) is 1. The fraction of sp³-hybridized carbons (Fsp3) is 0.500. The lowest BCUT2D eigenvalue weighted by atomic mass is 10.2. The van der Waals surface area contributed by atoms with Crippen molar-refractivity contribution in [1.82, 2.24) is 5.32 Å². The first-order chi connectivity index (χ1) is 6.88. The van der Waals surface area contributed by atoms with Crippen molar-refractivity contribution in [2.75, 3.05) is 13.7 Å². The van der Waals surface area contributed by atoms with Crippen molar-refractivity contribution in [2.45, 2.75) is 19.4 Å². The molecule has 0 amide bonds. The summed E-state index contributed by atoms with van der Waals surface area (Å²) >= 11 is 0. The van der Waals surface area contributed by atoms with Gasteiger partial charge in [-0.15, -0.1) is 0 Å². The Kier molecular flexibility index (Phi) is 3.04. The second kappa shape index (κ2) is 4.47. The Morgan fingerprint density at radius 1 is 1.29 bits per heavy atom. The molecule has 2 nitrogen and oxygen atoms in total. The van der Waals surface area contributed by atoms with Crippen LogP contribution in [0.5, 0.6) is 5.75 Å². The van der Waals surface area contributed by atoms with Crippen LogP contribution in [0.3, 0.4) is 0 Å². The molecule has 14 heavy (non-hydrogen) atoms. The number of hydrogen-bond acceptors (Lipinski definition) is 2. The highest BCUT2D eigenvalue weighted by molar-refractivity contribution is 5.27. The first-order valence-corrected chi connectivity index (χ1v) is 5.25. The van der Waals surface area contributed by atoms with Gasteiger partial charge in [0.1, 0.15) is 5.75 Å². The summed E-state index contributed by atoms with van der Waals surface area (Å²) < 4.78 is 5.64. The summed E-state index contributed by atoms with van der Waals surface area (Å²) in [5.41, 5.74) is 1.30. The second-order valence-electron chi connectivity index (χ2n) is 3.93. The summed E-state index contributed by atoms with van der Waals surface area (Å²) in [7, 11) is 1.96. The van der Waals surface area contributed by atoms with E-state index in [0.717, 1.165) is 24.8 Å². The number of rotatable bonds is 5. The SMILES string of the molecule is CNCc1ccc(OCC2CC2)cc1. The molecule has 1 N–H and O–H groups in total. The lowest BCUT2D eigenvalue weighted by molar-refractivity contribution is 0.299. The van der Waals surface area contributed by atoms with Gasteiger partial charge in [0.05, 0.1) is 6.61 Å². The first kappa shape index (κ1) is 9.53.